The zero-order valence-electron chi connectivity index (χ0n) is 23.8. The van der Waals surface area contributed by atoms with E-state index in [2.05, 4.69) is 42.3 Å². The quantitative estimate of drug-likeness (QED) is 0.185. The van der Waals surface area contributed by atoms with E-state index in [4.69, 9.17) is 4.74 Å². The number of phenols is 1. The van der Waals surface area contributed by atoms with Gasteiger partial charge in [0.05, 0.1) is 0 Å². The number of phenolic OH excluding ortho intramolecular Hbond substituents is 1. The molecule has 0 saturated carbocycles. The standard InChI is InChI=1S/C34H41N3O3/c1-24-20-25(2)22-27(21-24)33-30(15-17-35-16-5-4-8-26-9-11-28(38)12-10-26)31-23-29(13-14-32(31)36-33)40-34(39)37-18-6-3-7-19-37/h9-14,20-23,35-36,38H,3-8,15-19H2,1-2H3. The highest BCUT2D eigenvalue weighted by atomic mass is 16.6. The maximum atomic E-state index is 12.8. The molecule has 3 aromatic carbocycles. The van der Waals surface area contributed by atoms with E-state index in [1.165, 1.54) is 34.2 Å². The molecule has 0 radical (unpaired) electrons. The number of H-pyrrole nitrogens is 1. The first-order valence-electron chi connectivity index (χ1n) is 14.6. The third kappa shape index (κ3) is 7.05. The van der Waals surface area contributed by atoms with Gasteiger partial charge in [0, 0.05) is 29.7 Å². The summed E-state index contributed by atoms with van der Waals surface area (Å²) >= 11 is 0. The van der Waals surface area contributed by atoms with Gasteiger partial charge in [0.2, 0.25) is 0 Å². The smallest absolute Gasteiger partial charge is 0.415 e. The molecule has 2 heterocycles. The lowest BCUT2D eigenvalue weighted by atomic mass is 9.99. The van der Waals surface area contributed by atoms with Gasteiger partial charge in [-0.2, -0.15) is 0 Å². The number of amides is 1. The highest BCUT2D eigenvalue weighted by molar-refractivity contribution is 5.92. The number of carbonyl (C=O) groups is 1. The zero-order chi connectivity index (χ0) is 27.9. The van der Waals surface area contributed by atoms with Crippen LogP contribution in [0.15, 0.2) is 60.7 Å². The Morgan fingerprint density at radius 3 is 2.40 bits per heavy atom. The number of fused-ring (bicyclic) bond motifs is 1. The first-order valence-corrected chi connectivity index (χ1v) is 14.6. The minimum Gasteiger partial charge on any atom is -0.508 e. The number of ether oxygens (including phenoxy) is 1. The molecule has 1 aromatic heterocycles. The number of likely N-dealkylation sites (tertiary alicyclic amines) is 1. The second-order valence-electron chi connectivity index (χ2n) is 11.1. The van der Waals surface area contributed by atoms with Crippen LogP contribution in [0.1, 0.15) is 54.4 Å². The summed E-state index contributed by atoms with van der Waals surface area (Å²) in [5.41, 5.74) is 8.35. The van der Waals surface area contributed by atoms with Gasteiger partial charge in [-0.3, -0.25) is 0 Å². The number of piperidine rings is 1. The summed E-state index contributed by atoms with van der Waals surface area (Å²) in [5, 5.41) is 14.2. The molecule has 0 spiro atoms. The molecule has 0 aliphatic carbocycles. The number of nitrogens with one attached hydrogen (secondary N) is 2. The average Bonchev–Trinajstić information content (AvgIpc) is 3.31. The third-order valence-electron chi connectivity index (χ3n) is 7.76. The van der Waals surface area contributed by atoms with Gasteiger partial charge in [0.15, 0.2) is 0 Å². The van der Waals surface area contributed by atoms with E-state index in [-0.39, 0.29) is 6.09 Å². The number of hydrogen-bond donors (Lipinski definition) is 3. The number of rotatable bonds is 10. The first-order chi connectivity index (χ1) is 19.5. The van der Waals surface area contributed by atoms with Crippen molar-refractivity contribution in [2.75, 3.05) is 26.2 Å². The molecule has 6 nitrogen and oxygen atoms in total. The van der Waals surface area contributed by atoms with Gasteiger partial charge in [-0.15, -0.1) is 0 Å². The molecule has 1 aliphatic rings. The Balaban J connectivity index is 1.28. The summed E-state index contributed by atoms with van der Waals surface area (Å²) in [6, 6.07) is 20.1. The Bertz CT molecular complexity index is 1410. The molecule has 1 fully saturated rings. The summed E-state index contributed by atoms with van der Waals surface area (Å²) in [5.74, 6) is 0.910. The van der Waals surface area contributed by atoms with Crippen LogP contribution in [0, 0.1) is 13.8 Å². The fourth-order valence-electron chi connectivity index (χ4n) is 5.74. The van der Waals surface area contributed by atoms with Crippen molar-refractivity contribution in [2.24, 2.45) is 0 Å². The fraction of sp³-hybridized carbons (Fsp3) is 0.382. The molecule has 0 atom stereocenters. The van der Waals surface area contributed by atoms with Crippen LogP contribution < -0.4 is 10.1 Å². The predicted molar refractivity (Wildman–Crippen MR) is 162 cm³/mol. The van der Waals surface area contributed by atoms with Gasteiger partial charge in [-0.05, 0) is 131 Å². The van der Waals surface area contributed by atoms with E-state index in [0.717, 1.165) is 81.3 Å². The maximum absolute atomic E-state index is 12.8. The average molecular weight is 540 g/mol. The van der Waals surface area contributed by atoms with Crippen molar-refractivity contribution in [1.82, 2.24) is 15.2 Å². The highest BCUT2D eigenvalue weighted by Crippen LogP contribution is 2.34. The van der Waals surface area contributed by atoms with Gasteiger partial charge in [-0.1, -0.05) is 29.3 Å². The number of aromatic nitrogens is 1. The number of carbonyl (C=O) groups excluding carboxylic acids is 1. The minimum absolute atomic E-state index is 0.250. The SMILES string of the molecule is Cc1cc(C)cc(-c2[nH]c3ccc(OC(=O)N4CCCCC4)cc3c2CCNCCCCc2ccc(O)cc2)c1. The van der Waals surface area contributed by atoms with E-state index in [0.29, 0.717) is 11.5 Å². The summed E-state index contributed by atoms with van der Waals surface area (Å²) < 4.78 is 5.83. The number of unbranched alkanes of at least 4 members (excludes halogenated alkanes) is 1. The fourth-order valence-corrected chi connectivity index (χ4v) is 5.74. The molecule has 0 bridgehead atoms. The van der Waals surface area contributed by atoms with E-state index in [1.54, 1.807) is 12.1 Å². The van der Waals surface area contributed by atoms with Crippen LogP contribution in [0.3, 0.4) is 0 Å². The molecule has 5 rings (SSSR count). The third-order valence-corrected chi connectivity index (χ3v) is 7.76. The van der Waals surface area contributed by atoms with Gasteiger partial charge >= 0.3 is 6.09 Å². The lowest BCUT2D eigenvalue weighted by Crippen LogP contribution is -2.37. The monoisotopic (exact) mass is 539 g/mol. The van der Waals surface area contributed by atoms with Gasteiger partial charge in [-0.25, -0.2) is 4.79 Å². The topological polar surface area (TPSA) is 77.6 Å². The van der Waals surface area contributed by atoms with Crippen LogP contribution in [0.4, 0.5) is 4.79 Å². The Hall–Kier alpha value is -3.77. The minimum atomic E-state index is -0.250. The van der Waals surface area contributed by atoms with E-state index in [9.17, 15) is 9.90 Å². The summed E-state index contributed by atoms with van der Waals surface area (Å²) in [6.07, 6.45) is 7.08. The molecule has 40 heavy (non-hydrogen) atoms. The number of nitrogens with zero attached hydrogens (tertiary/aromatic N) is 1. The second kappa shape index (κ2) is 13.1. The molecule has 0 unspecified atom stereocenters. The molecular formula is C34H41N3O3. The van der Waals surface area contributed by atoms with E-state index < -0.39 is 0 Å². The van der Waals surface area contributed by atoms with E-state index in [1.807, 2.05) is 35.2 Å². The first kappa shape index (κ1) is 27.8. The Labute approximate surface area is 237 Å². The maximum Gasteiger partial charge on any atom is 0.415 e. The van der Waals surface area contributed by atoms with Crippen molar-refractivity contribution < 1.29 is 14.6 Å². The molecular weight excluding hydrogens is 498 g/mol. The second-order valence-corrected chi connectivity index (χ2v) is 11.1. The molecule has 210 valence electrons. The van der Waals surface area contributed by atoms with Crippen molar-refractivity contribution in [2.45, 2.75) is 58.8 Å². The van der Waals surface area contributed by atoms with Gasteiger partial charge in [0.1, 0.15) is 11.5 Å². The number of hydrogen-bond acceptors (Lipinski definition) is 4. The predicted octanol–water partition coefficient (Wildman–Crippen LogP) is 7.30. The Morgan fingerprint density at radius 1 is 0.900 bits per heavy atom. The lowest BCUT2D eigenvalue weighted by molar-refractivity contribution is 0.142. The zero-order valence-corrected chi connectivity index (χ0v) is 23.8. The molecule has 1 aliphatic heterocycles. The van der Waals surface area contributed by atoms with Crippen LogP contribution in [0.2, 0.25) is 0 Å². The Morgan fingerprint density at radius 2 is 1.65 bits per heavy atom. The number of aromatic amines is 1. The van der Waals surface area contributed by atoms with E-state index >= 15 is 0 Å². The largest absolute Gasteiger partial charge is 0.508 e. The summed E-state index contributed by atoms with van der Waals surface area (Å²) in [7, 11) is 0. The molecule has 1 saturated heterocycles. The van der Waals surface area contributed by atoms with Crippen molar-refractivity contribution in [1.29, 1.82) is 0 Å². The van der Waals surface area contributed by atoms with Crippen molar-refractivity contribution in [3.63, 3.8) is 0 Å². The summed E-state index contributed by atoms with van der Waals surface area (Å²) in [6.45, 7) is 7.63. The van der Waals surface area contributed by atoms with Gasteiger partial charge < -0.3 is 25.0 Å². The summed E-state index contributed by atoms with van der Waals surface area (Å²) in [4.78, 5) is 18.3. The number of benzene rings is 3. The number of aryl methyl sites for hydroxylation is 3. The van der Waals surface area contributed by atoms with Crippen LogP contribution in [0.25, 0.3) is 22.2 Å². The van der Waals surface area contributed by atoms with Crippen molar-refractivity contribution in [3.05, 3.63) is 82.9 Å². The van der Waals surface area contributed by atoms with Crippen LogP contribution >= 0.6 is 0 Å². The Kier molecular flexibility index (Phi) is 9.07. The lowest BCUT2D eigenvalue weighted by Gasteiger charge is -2.25. The molecule has 4 aromatic rings. The molecule has 3 N–H and O–H groups in total. The van der Waals surface area contributed by atoms with Crippen LogP contribution in [-0.2, 0) is 12.8 Å². The van der Waals surface area contributed by atoms with Crippen LogP contribution in [0.5, 0.6) is 11.5 Å². The van der Waals surface area contributed by atoms with Crippen LogP contribution in [-0.4, -0.2) is 47.3 Å². The van der Waals surface area contributed by atoms with Crippen molar-refractivity contribution >= 4 is 17.0 Å². The van der Waals surface area contributed by atoms with Crippen molar-refractivity contribution in [3.8, 4) is 22.8 Å². The highest BCUT2D eigenvalue weighted by Gasteiger charge is 2.20. The normalized spacial score (nSPS) is 13.6. The molecule has 6 heteroatoms. The van der Waals surface area contributed by atoms with Gasteiger partial charge in [0.25, 0.3) is 0 Å². The molecule has 1 amide bonds. The number of aromatic hydroxyl groups is 1.